The second kappa shape index (κ2) is 7.59. The summed E-state index contributed by atoms with van der Waals surface area (Å²) >= 11 is 0. The number of carbonyl (C=O) groups excluding carboxylic acids is 1. The Hall–Kier alpha value is -3.89. The van der Waals surface area contributed by atoms with Gasteiger partial charge in [-0.3, -0.25) is 4.79 Å². The predicted octanol–water partition coefficient (Wildman–Crippen LogP) is 3.61. The quantitative estimate of drug-likeness (QED) is 0.733. The highest BCUT2D eigenvalue weighted by molar-refractivity contribution is 6.04. The molecule has 118 valence electrons. The minimum atomic E-state index is -0.237. The average Bonchev–Trinajstić information content (AvgIpc) is 2.67. The highest BCUT2D eigenvalue weighted by Gasteiger charge is 2.06. The molecule has 0 fully saturated rings. The molecular formula is C21H13N3O. The Balaban J connectivity index is 1.74. The van der Waals surface area contributed by atoms with Gasteiger partial charge in [0.2, 0.25) is 0 Å². The van der Waals surface area contributed by atoms with Gasteiger partial charge in [-0.05, 0) is 60.5 Å². The van der Waals surface area contributed by atoms with Crippen LogP contribution in [0.4, 0.5) is 5.69 Å². The molecule has 1 N–H and O–H groups in total. The molecule has 1 aromatic heterocycles. The Morgan fingerprint density at radius 1 is 0.920 bits per heavy atom. The van der Waals surface area contributed by atoms with E-state index in [1.165, 1.54) is 0 Å². The second-order valence-corrected chi connectivity index (χ2v) is 5.19. The van der Waals surface area contributed by atoms with Gasteiger partial charge in [-0.25, -0.2) is 4.98 Å². The molecule has 0 aliphatic heterocycles. The summed E-state index contributed by atoms with van der Waals surface area (Å²) in [6.45, 7) is 0. The van der Waals surface area contributed by atoms with Crippen LogP contribution in [0.5, 0.6) is 0 Å². The highest BCUT2D eigenvalue weighted by atomic mass is 16.1. The van der Waals surface area contributed by atoms with Crippen molar-refractivity contribution in [3.63, 3.8) is 0 Å². The lowest BCUT2D eigenvalue weighted by Gasteiger charge is -2.05. The van der Waals surface area contributed by atoms with Crippen molar-refractivity contribution in [1.82, 2.24) is 4.98 Å². The van der Waals surface area contributed by atoms with Crippen LogP contribution in [0.25, 0.3) is 0 Å². The number of hydrogen-bond donors (Lipinski definition) is 1. The number of amides is 1. The van der Waals surface area contributed by atoms with Gasteiger partial charge in [-0.15, -0.1) is 0 Å². The molecule has 0 unspecified atom stereocenters. The lowest BCUT2D eigenvalue weighted by molar-refractivity contribution is 0.102. The molecule has 2 aromatic carbocycles. The van der Waals surface area contributed by atoms with E-state index in [0.29, 0.717) is 22.5 Å². The first-order valence-electron chi connectivity index (χ1n) is 7.59. The number of carbonyl (C=O) groups is 1. The largest absolute Gasteiger partial charge is 0.322 e. The van der Waals surface area contributed by atoms with Crippen molar-refractivity contribution in [2.24, 2.45) is 0 Å². The van der Waals surface area contributed by atoms with Gasteiger partial charge in [-0.2, -0.15) is 5.26 Å². The van der Waals surface area contributed by atoms with Crippen LogP contribution in [0.3, 0.4) is 0 Å². The van der Waals surface area contributed by atoms with Crippen molar-refractivity contribution in [2.45, 2.75) is 0 Å². The highest BCUT2D eigenvalue weighted by Crippen LogP contribution is 2.12. The third-order valence-electron chi connectivity index (χ3n) is 3.40. The SMILES string of the molecule is N#Cc1ccc(C(=O)Nc2cccc(C#Cc3ccccn3)c2)cc1. The van der Waals surface area contributed by atoms with E-state index in [1.807, 2.05) is 36.4 Å². The number of nitrogens with one attached hydrogen (secondary N) is 1. The van der Waals surface area contributed by atoms with Crippen molar-refractivity contribution >= 4 is 11.6 Å². The van der Waals surface area contributed by atoms with Crippen molar-refractivity contribution in [3.05, 3.63) is 95.3 Å². The van der Waals surface area contributed by atoms with Gasteiger partial charge >= 0.3 is 0 Å². The summed E-state index contributed by atoms with van der Waals surface area (Å²) in [5.41, 5.74) is 3.13. The number of nitrogens with zero attached hydrogens (tertiary/aromatic N) is 2. The van der Waals surface area contributed by atoms with E-state index in [-0.39, 0.29) is 5.91 Å². The number of rotatable bonds is 2. The summed E-state index contributed by atoms with van der Waals surface area (Å²) in [4.78, 5) is 16.4. The van der Waals surface area contributed by atoms with Crippen LogP contribution >= 0.6 is 0 Å². The fourth-order valence-electron chi connectivity index (χ4n) is 2.15. The van der Waals surface area contributed by atoms with E-state index in [0.717, 1.165) is 5.56 Å². The van der Waals surface area contributed by atoms with Crippen LogP contribution in [0, 0.1) is 23.2 Å². The molecule has 0 aliphatic carbocycles. The third kappa shape index (κ3) is 4.31. The van der Waals surface area contributed by atoms with Gasteiger partial charge in [-0.1, -0.05) is 18.1 Å². The van der Waals surface area contributed by atoms with Gasteiger partial charge in [0, 0.05) is 23.0 Å². The molecule has 4 heteroatoms. The molecule has 1 amide bonds. The maximum atomic E-state index is 12.3. The van der Waals surface area contributed by atoms with E-state index >= 15 is 0 Å². The Bertz CT molecular complexity index is 991. The van der Waals surface area contributed by atoms with Gasteiger partial charge in [0.25, 0.3) is 5.91 Å². The minimum Gasteiger partial charge on any atom is -0.322 e. The predicted molar refractivity (Wildman–Crippen MR) is 95.8 cm³/mol. The summed E-state index contributed by atoms with van der Waals surface area (Å²) in [6.07, 6.45) is 1.69. The van der Waals surface area contributed by atoms with E-state index in [4.69, 9.17) is 5.26 Å². The van der Waals surface area contributed by atoms with Gasteiger partial charge in [0.1, 0.15) is 5.69 Å². The molecule has 0 spiro atoms. The molecule has 0 saturated heterocycles. The van der Waals surface area contributed by atoms with Crippen molar-refractivity contribution in [3.8, 4) is 17.9 Å². The van der Waals surface area contributed by atoms with Crippen LogP contribution in [-0.2, 0) is 0 Å². The summed E-state index contributed by atoms with van der Waals surface area (Å²) in [7, 11) is 0. The lowest BCUT2D eigenvalue weighted by atomic mass is 10.1. The summed E-state index contributed by atoms with van der Waals surface area (Å²) in [5.74, 6) is 5.77. The molecule has 4 nitrogen and oxygen atoms in total. The van der Waals surface area contributed by atoms with Crippen molar-refractivity contribution < 1.29 is 4.79 Å². The topological polar surface area (TPSA) is 65.8 Å². The first-order valence-corrected chi connectivity index (χ1v) is 7.59. The maximum absolute atomic E-state index is 12.3. The molecule has 0 saturated carbocycles. The normalized spacial score (nSPS) is 9.40. The fourth-order valence-corrected chi connectivity index (χ4v) is 2.15. The average molecular weight is 323 g/mol. The number of pyridine rings is 1. The third-order valence-corrected chi connectivity index (χ3v) is 3.40. The molecule has 25 heavy (non-hydrogen) atoms. The Morgan fingerprint density at radius 2 is 1.76 bits per heavy atom. The number of hydrogen-bond acceptors (Lipinski definition) is 3. The summed E-state index contributed by atoms with van der Waals surface area (Å²) in [5, 5.41) is 11.6. The van der Waals surface area contributed by atoms with Crippen LogP contribution in [0.1, 0.15) is 27.2 Å². The standard InChI is InChI=1S/C21H13N3O/c22-15-17-7-10-18(11-8-17)21(25)24-20-6-3-4-16(14-20)9-12-19-5-1-2-13-23-19/h1-8,10-11,13-14H,(H,24,25). The molecule has 3 aromatic rings. The number of benzene rings is 2. The maximum Gasteiger partial charge on any atom is 0.255 e. The number of anilines is 1. The smallest absolute Gasteiger partial charge is 0.255 e. The molecule has 0 aliphatic rings. The zero-order chi connectivity index (χ0) is 17.5. The number of aromatic nitrogens is 1. The fraction of sp³-hybridized carbons (Fsp3) is 0. The summed E-state index contributed by atoms with van der Waals surface area (Å²) in [6, 6.07) is 21.4. The Labute approximate surface area is 145 Å². The number of nitriles is 1. The van der Waals surface area contributed by atoms with Crippen molar-refractivity contribution in [1.29, 1.82) is 5.26 Å². The van der Waals surface area contributed by atoms with Crippen LogP contribution in [-0.4, -0.2) is 10.9 Å². The molecule has 0 radical (unpaired) electrons. The minimum absolute atomic E-state index is 0.237. The molecule has 3 rings (SSSR count). The van der Waals surface area contributed by atoms with Gasteiger partial charge in [0.05, 0.1) is 11.6 Å². The van der Waals surface area contributed by atoms with E-state index < -0.39 is 0 Å². The van der Waals surface area contributed by atoms with E-state index in [2.05, 4.69) is 22.1 Å². The van der Waals surface area contributed by atoms with E-state index in [1.54, 1.807) is 42.6 Å². The monoisotopic (exact) mass is 323 g/mol. The molecule has 0 bridgehead atoms. The van der Waals surface area contributed by atoms with Gasteiger partial charge < -0.3 is 5.32 Å². The molecule has 1 heterocycles. The molecule has 0 atom stereocenters. The van der Waals surface area contributed by atoms with Crippen LogP contribution in [0.15, 0.2) is 72.9 Å². The molecular weight excluding hydrogens is 310 g/mol. The first-order chi connectivity index (χ1) is 12.2. The van der Waals surface area contributed by atoms with Gasteiger partial charge in [0.15, 0.2) is 0 Å². The second-order valence-electron chi connectivity index (χ2n) is 5.19. The van der Waals surface area contributed by atoms with Crippen LogP contribution < -0.4 is 5.32 Å². The zero-order valence-electron chi connectivity index (χ0n) is 13.2. The van der Waals surface area contributed by atoms with E-state index in [9.17, 15) is 4.79 Å². The van der Waals surface area contributed by atoms with Crippen LogP contribution in [0.2, 0.25) is 0 Å². The van der Waals surface area contributed by atoms with Crippen molar-refractivity contribution in [2.75, 3.05) is 5.32 Å². The summed E-state index contributed by atoms with van der Waals surface area (Å²) < 4.78 is 0. The Kier molecular flexibility index (Phi) is 4.85. The first kappa shape index (κ1) is 16.0. The Morgan fingerprint density at radius 3 is 2.48 bits per heavy atom. The lowest BCUT2D eigenvalue weighted by Crippen LogP contribution is -2.11. The zero-order valence-corrected chi connectivity index (χ0v) is 13.2.